The van der Waals surface area contributed by atoms with E-state index in [4.69, 9.17) is 0 Å². The van der Waals surface area contributed by atoms with Crippen molar-refractivity contribution < 1.29 is 4.79 Å². The highest BCUT2D eigenvalue weighted by Crippen LogP contribution is 2.35. The molecule has 24 heavy (non-hydrogen) atoms. The summed E-state index contributed by atoms with van der Waals surface area (Å²) in [4.78, 5) is 12.5. The first-order chi connectivity index (χ1) is 11.4. The molecule has 0 aliphatic carbocycles. The smallest absolute Gasteiger partial charge is 0.151 e. The first-order valence-corrected chi connectivity index (χ1v) is 11.9. The van der Waals surface area contributed by atoms with E-state index in [1.165, 1.54) is 5.56 Å². The van der Waals surface area contributed by atoms with Gasteiger partial charge in [-0.1, -0.05) is 66.8 Å². The van der Waals surface area contributed by atoms with E-state index in [1.54, 1.807) is 0 Å². The second-order valence-electron chi connectivity index (χ2n) is 7.64. The third kappa shape index (κ3) is 2.91. The Kier molecular flexibility index (Phi) is 4.13. The zero-order chi connectivity index (χ0) is 17.4. The van der Waals surface area contributed by atoms with Gasteiger partial charge in [0, 0.05) is 8.07 Å². The van der Waals surface area contributed by atoms with Crippen molar-refractivity contribution in [3.8, 4) is 0 Å². The highest BCUT2D eigenvalue weighted by Gasteiger charge is 2.40. The number of hydrogen-bond donors (Lipinski definition) is 0. The molecule has 0 N–H and O–H groups in total. The number of carbonyl (C=O) groups is 1. The van der Waals surface area contributed by atoms with E-state index in [-0.39, 0.29) is 0 Å². The van der Waals surface area contributed by atoms with Gasteiger partial charge in [0.15, 0.2) is 6.29 Å². The molecule has 0 aliphatic heterocycles. The van der Waals surface area contributed by atoms with Gasteiger partial charge in [-0.15, -0.1) is 5.10 Å². The van der Waals surface area contributed by atoms with E-state index in [0.29, 0.717) is 0 Å². The van der Waals surface area contributed by atoms with Crippen molar-refractivity contribution in [3.05, 3.63) is 59.7 Å². The number of carbonyl (C=O) groups excluding carboxylic acids is 1. The molecule has 1 heterocycles. The van der Waals surface area contributed by atoms with Crippen LogP contribution in [0.4, 0.5) is 0 Å². The number of hydrogen-bond acceptors (Lipinski definition) is 3. The van der Waals surface area contributed by atoms with Crippen LogP contribution in [0, 0.1) is 6.92 Å². The second kappa shape index (κ2) is 5.98. The normalized spacial score (nSPS) is 14.5. The molecule has 2 aromatic carbocycles. The number of fused-ring (bicyclic) bond motifs is 1. The van der Waals surface area contributed by atoms with Crippen molar-refractivity contribution in [1.29, 1.82) is 0 Å². The van der Waals surface area contributed by atoms with Crippen LogP contribution in [0.1, 0.15) is 11.1 Å². The molecule has 0 amide bonds. The minimum Gasteiger partial charge on any atom is -0.300 e. The van der Waals surface area contributed by atoms with Crippen LogP contribution in [-0.4, -0.2) is 29.4 Å². The molecule has 0 bridgehead atoms. The van der Waals surface area contributed by atoms with Gasteiger partial charge in [-0.2, -0.15) is 0 Å². The molecule has 4 nitrogen and oxygen atoms in total. The fourth-order valence-electron chi connectivity index (χ4n) is 3.27. The Labute approximate surface area is 143 Å². The lowest BCUT2D eigenvalue weighted by Gasteiger charge is -2.34. The lowest BCUT2D eigenvalue weighted by molar-refractivity contribution is -0.113. The zero-order valence-corrected chi connectivity index (χ0v) is 15.7. The summed E-state index contributed by atoms with van der Waals surface area (Å²) in [7, 11) is -1.57. The number of aromatic nitrogens is 3. The van der Waals surface area contributed by atoms with E-state index in [9.17, 15) is 4.79 Å². The van der Waals surface area contributed by atoms with Crippen LogP contribution in [0.2, 0.25) is 25.7 Å². The molecule has 1 unspecified atom stereocenters. The van der Waals surface area contributed by atoms with Crippen molar-refractivity contribution >= 4 is 25.4 Å². The van der Waals surface area contributed by atoms with Crippen molar-refractivity contribution in [2.45, 2.75) is 38.1 Å². The van der Waals surface area contributed by atoms with E-state index in [1.807, 2.05) is 41.1 Å². The van der Waals surface area contributed by atoms with Crippen molar-refractivity contribution in [3.63, 3.8) is 0 Å². The highest BCUT2D eigenvalue weighted by atomic mass is 28.3. The number of rotatable bonds is 5. The third-order valence-corrected chi connectivity index (χ3v) is 5.88. The molecule has 0 spiro atoms. The molecule has 1 aromatic heterocycles. The summed E-state index contributed by atoms with van der Waals surface area (Å²) < 4.78 is 1.82. The lowest BCUT2D eigenvalue weighted by Crippen LogP contribution is -2.44. The Hall–Kier alpha value is -2.27. The van der Waals surface area contributed by atoms with Crippen LogP contribution in [0.3, 0.4) is 0 Å². The SMILES string of the molecule is Cc1ccc(C(C=O)(C[Si](C)(C)C)n2nnc3ccccc32)cc1. The molecule has 5 heteroatoms. The average molecular weight is 337 g/mol. The maximum atomic E-state index is 12.5. The van der Waals surface area contributed by atoms with Gasteiger partial charge in [0.25, 0.3) is 0 Å². The number of aldehydes is 1. The topological polar surface area (TPSA) is 47.8 Å². The summed E-state index contributed by atoms with van der Waals surface area (Å²) >= 11 is 0. The third-order valence-electron chi connectivity index (χ3n) is 4.28. The van der Waals surface area contributed by atoms with Crippen LogP contribution in [0.25, 0.3) is 11.0 Å². The van der Waals surface area contributed by atoms with Gasteiger partial charge in [0.1, 0.15) is 11.1 Å². The lowest BCUT2D eigenvalue weighted by atomic mass is 9.92. The summed E-state index contributed by atoms with van der Waals surface area (Å²) in [6.07, 6.45) is 1.05. The van der Waals surface area contributed by atoms with E-state index >= 15 is 0 Å². The number of benzene rings is 2. The minimum atomic E-state index is -1.57. The molecule has 0 aliphatic rings. The monoisotopic (exact) mass is 337 g/mol. The maximum absolute atomic E-state index is 12.5. The summed E-state index contributed by atoms with van der Waals surface area (Å²) in [6, 6.07) is 16.8. The van der Waals surface area contributed by atoms with E-state index in [0.717, 1.165) is 28.9 Å². The molecule has 0 saturated carbocycles. The summed E-state index contributed by atoms with van der Waals surface area (Å²) in [5.41, 5.74) is 3.04. The standard InChI is InChI=1S/C19H23N3OSi/c1-15-9-11-16(12-10-15)19(13-23,14-24(2,3)4)22-18-8-6-5-7-17(18)20-21-22/h5-13H,14H2,1-4H3. The number of para-hydroxylation sites is 1. The fraction of sp³-hybridized carbons (Fsp3) is 0.316. The van der Waals surface area contributed by atoms with Crippen LogP contribution >= 0.6 is 0 Å². The highest BCUT2D eigenvalue weighted by molar-refractivity contribution is 6.76. The van der Waals surface area contributed by atoms with Gasteiger partial charge in [-0.3, -0.25) is 0 Å². The van der Waals surface area contributed by atoms with Gasteiger partial charge in [0.2, 0.25) is 0 Å². The van der Waals surface area contributed by atoms with E-state index < -0.39 is 13.6 Å². The maximum Gasteiger partial charge on any atom is 0.151 e. The van der Waals surface area contributed by atoms with Crippen LogP contribution in [-0.2, 0) is 10.3 Å². The Bertz CT molecular complexity index is 864. The predicted octanol–water partition coefficient (Wildman–Crippen LogP) is 4.02. The Morgan fingerprint density at radius 2 is 1.75 bits per heavy atom. The predicted molar refractivity (Wildman–Crippen MR) is 100 cm³/mol. The molecule has 3 aromatic rings. The molecule has 124 valence electrons. The molecule has 0 saturated heterocycles. The van der Waals surface area contributed by atoms with Gasteiger partial charge >= 0.3 is 0 Å². The molecule has 0 fully saturated rings. The first-order valence-electron chi connectivity index (χ1n) is 8.20. The van der Waals surface area contributed by atoms with E-state index in [2.05, 4.69) is 49.0 Å². The van der Waals surface area contributed by atoms with Gasteiger partial charge in [-0.05, 0) is 30.7 Å². The summed E-state index contributed by atoms with van der Waals surface area (Å²) in [5, 5.41) is 8.65. The number of nitrogens with zero attached hydrogens (tertiary/aromatic N) is 3. The second-order valence-corrected chi connectivity index (χ2v) is 13.1. The Morgan fingerprint density at radius 1 is 1.08 bits per heavy atom. The molecule has 0 radical (unpaired) electrons. The first kappa shape index (κ1) is 16.6. The molecule has 3 rings (SSSR count). The average Bonchev–Trinajstić information content (AvgIpc) is 2.97. The molecule has 1 atom stereocenters. The largest absolute Gasteiger partial charge is 0.300 e. The van der Waals surface area contributed by atoms with Gasteiger partial charge in [0.05, 0.1) is 5.52 Å². The van der Waals surface area contributed by atoms with Crippen molar-refractivity contribution in [2.24, 2.45) is 0 Å². The van der Waals surface area contributed by atoms with Crippen molar-refractivity contribution in [2.75, 3.05) is 0 Å². The molecular weight excluding hydrogens is 314 g/mol. The quantitative estimate of drug-likeness (QED) is 0.522. The van der Waals surface area contributed by atoms with Crippen LogP contribution < -0.4 is 0 Å². The van der Waals surface area contributed by atoms with Gasteiger partial charge < -0.3 is 4.79 Å². The Balaban J connectivity index is 2.28. The van der Waals surface area contributed by atoms with Crippen LogP contribution in [0.15, 0.2) is 48.5 Å². The molecular formula is C19H23N3OSi. The van der Waals surface area contributed by atoms with Crippen LogP contribution in [0.5, 0.6) is 0 Å². The minimum absolute atomic E-state index is 0.778. The van der Waals surface area contributed by atoms with Crippen molar-refractivity contribution in [1.82, 2.24) is 15.0 Å². The summed E-state index contributed by atoms with van der Waals surface area (Å²) in [5.74, 6) is 0. The number of aryl methyl sites for hydroxylation is 1. The fourth-order valence-corrected chi connectivity index (χ4v) is 5.33. The zero-order valence-electron chi connectivity index (χ0n) is 14.7. The summed E-state index contributed by atoms with van der Waals surface area (Å²) in [6.45, 7) is 8.88. The Morgan fingerprint density at radius 3 is 2.38 bits per heavy atom. The van der Waals surface area contributed by atoms with Gasteiger partial charge in [-0.25, -0.2) is 4.68 Å².